The molecule has 2 aromatic carbocycles. The Bertz CT molecular complexity index is 680. The van der Waals surface area contributed by atoms with Crippen LogP contribution in [0.4, 0.5) is 4.79 Å². The molecule has 0 aliphatic carbocycles. The highest BCUT2D eigenvalue weighted by Gasteiger charge is 2.24. The molecule has 0 saturated carbocycles. The van der Waals surface area contributed by atoms with E-state index in [4.69, 9.17) is 9.47 Å². The van der Waals surface area contributed by atoms with Gasteiger partial charge in [0.05, 0.1) is 32.8 Å². The van der Waals surface area contributed by atoms with E-state index in [9.17, 15) is 4.79 Å². The molecule has 0 atom stereocenters. The number of rotatable bonds is 6. The van der Waals surface area contributed by atoms with Gasteiger partial charge in [0, 0.05) is 5.56 Å². The third kappa shape index (κ3) is 5.23. The number of nitrogens with one attached hydrogen (secondary N) is 1. The molecule has 1 amide bonds. The number of hydrogen-bond donors (Lipinski definition) is 1. The Morgan fingerprint density at radius 3 is 2.35 bits per heavy atom. The van der Waals surface area contributed by atoms with Crippen molar-refractivity contribution in [2.75, 3.05) is 32.8 Å². The molecule has 0 unspecified atom stereocenters. The van der Waals surface area contributed by atoms with Crippen molar-refractivity contribution in [3.63, 3.8) is 0 Å². The van der Waals surface area contributed by atoms with Crippen molar-refractivity contribution in [2.45, 2.75) is 20.1 Å². The zero-order valence-corrected chi connectivity index (χ0v) is 15.3. The van der Waals surface area contributed by atoms with Gasteiger partial charge in [-0.2, -0.15) is 0 Å². The smallest absolute Gasteiger partial charge is 0.410 e. The third-order valence-corrected chi connectivity index (χ3v) is 4.62. The maximum absolute atomic E-state index is 11.7. The van der Waals surface area contributed by atoms with Gasteiger partial charge in [0.25, 0.3) is 0 Å². The number of benzene rings is 2. The second-order valence-corrected chi connectivity index (χ2v) is 6.53. The maximum atomic E-state index is 11.7. The van der Waals surface area contributed by atoms with E-state index in [1.54, 1.807) is 4.90 Å². The highest BCUT2D eigenvalue weighted by molar-refractivity contribution is 5.67. The summed E-state index contributed by atoms with van der Waals surface area (Å²) in [6.45, 7) is 7.24. The summed E-state index contributed by atoms with van der Waals surface area (Å²) in [6, 6.07) is 18.5. The molecule has 1 aliphatic heterocycles. The molecule has 1 saturated heterocycles. The number of nitrogens with zero attached hydrogens (tertiary/aromatic N) is 1. The summed E-state index contributed by atoms with van der Waals surface area (Å²) in [5.74, 6) is 0.889. The summed E-state index contributed by atoms with van der Waals surface area (Å²) >= 11 is 0. The van der Waals surface area contributed by atoms with Crippen LogP contribution in [0.3, 0.4) is 0 Å². The van der Waals surface area contributed by atoms with Crippen LogP contribution < -0.4 is 9.64 Å². The van der Waals surface area contributed by atoms with Crippen LogP contribution >= 0.6 is 0 Å². The lowest BCUT2D eigenvalue weighted by atomic mass is 10.2. The number of amides is 1. The lowest BCUT2D eigenvalue weighted by Crippen LogP contribution is -3.13. The van der Waals surface area contributed by atoms with E-state index in [0.29, 0.717) is 13.2 Å². The first-order valence-corrected chi connectivity index (χ1v) is 9.25. The SMILES string of the molecule is CCOC(=O)N1CC[NH+](Cc2ccc(OCc3ccccc3)cc2)CC1. The van der Waals surface area contributed by atoms with Gasteiger partial charge in [-0.05, 0) is 36.8 Å². The van der Waals surface area contributed by atoms with E-state index in [-0.39, 0.29) is 6.09 Å². The fraction of sp³-hybridized carbons (Fsp3) is 0.381. The van der Waals surface area contributed by atoms with E-state index in [1.165, 1.54) is 16.0 Å². The Hall–Kier alpha value is -2.53. The Labute approximate surface area is 155 Å². The quantitative estimate of drug-likeness (QED) is 0.863. The summed E-state index contributed by atoms with van der Waals surface area (Å²) in [5, 5.41) is 0. The van der Waals surface area contributed by atoms with E-state index >= 15 is 0 Å². The molecule has 1 heterocycles. The van der Waals surface area contributed by atoms with E-state index < -0.39 is 0 Å². The molecule has 5 heteroatoms. The number of piperazine rings is 1. The van der Waals surface area contributed by atoms with Crippen molar-refractivity contribution in [1.29, 1.82) is 0 Å². The number of carbonyl (C=O) groups is 1. The van der Waals surface area contributed by atoms with Crippen molar-refractivity contribution < 1.29 is 19.2 Å². The fourth-order valence-corrected chi connectivity index (χ4v) is 3.13. The Kier molecular flexibility index (Phi) is 6.50. The Morgan fingerprint density at radius 2 is 1.69 bits per heavy atom. The second kappa shape index (κ2) is 9.25. The van der Waals surface area contributed by atoms with Crippen LogP contribution in [-0.4, -0.2) is 43.8 Å². The number of hydrogen-bond acceptors (Lipinski definition) is 3. The summed E-state index contributed by atoms with van der Waals surface area (Å²) in [5.41, 5.74) is 2.46. The van der Waals surface area contributed by atoms with Gasteiger partial charge in [-0.15, -0.1) is 0 Å². The maximum Gasteiger partial charge on any atom is 0.410 e. The molecular formula is C21H27N2O3+. The summed E-state index contributed by atoms with van der Waals surface area (Å²) < 4.78 is 10.9. The number of ether oxygens (including phenoxy) is 2. The first-order chi connectivity index (χ1) is 12.7. The largest absolute Gasteiger partial charge is 0.489 e. The molecular weight excluding hydrogens is 328 g/mol. The molecule has 3 rings (SSSR count). The first-order valence-electron chi connectivity index (χ1n) is 9.25. The Balaban J connectivity index is 1.44. The topological polar surface area (TPSA) is 43.2 Å². The lowest BCUT2D eigenvalue weighted by Gasteiger charge is -2.31. The van der Waals surface area contributed by atoms with Gasteiger partial charge >= 0.3 is 6.09 Å². The van der Waals surface area contributed by atoms with Crippen LogP contribution in [0.1, 0.15) is 18.1 Å². The minimum absolute atomic E-state index is 0.188. The van der Waals surface area contributed by atoms with Crippen molar-refractivity contribution in [2.24, 2.45) is 0 Å². The third-order valence-electron chi connectivity index (χ3n) is 4.62. The highest BCUT2D eigenvalue weighted by atomic mass is 16.6. The van der Waals surface area contributed by atoms with Crippen molar-refractivity contribution in [3.05, 3.63) is 65.7 Å². The molecule has 26 heavy (non-hydrogen) atoms. The van der Waals surface area contributed by atoms with Crippen LogP contribution in [0.25, 0.3) is 0 Å². The number of carbonyl (C=O) groups excluding carboxylic acids is 1. The summed E-state index contributed by atoms with van der Waals surface area (Å²) in [6.07, 6.45) is -0.188. The molecule has 138 valence electrons. The van der Waals surface area contributed by atoms with Crippen LogP contribution in [-0.2, 0) is 17.9 Å². The van der Waals surface area contributed by atoms with Crippen LogP contribution in [0.2, 0.25) is 0 Å². The van der Waals surface area contributed by atoms with Gasteiger partial charge in [-0.3, -0.25) is 4.90 Å². The molecule has 1 N–H and O–H groups in total. The van der Waals surface area contributed by atoms with Gasteiger partial charge in [0.1, 0.15) is 18.9 Å². The predicted octanol–water partition coefficient (Wildman–Crippen LogP) is 2.12. The standard InChI is InChI=1S/C21H26N2O3/c1-2-25-21(24)23-14-12-22(13-15-23)16-18-8-10-20(11-9-18)26-17-19-6-4-3-5-7-19/h3-11H,2,12-17H2,1H3/p+1. The molecule has 0 spiro atoms. The van der Waals surface area contributed by atoms with Gasteiger partial charge in [-0.25, -0.2) is 4.79 Å². The Morgan fingerprint density at radius 1 is 1.00 bits per heavy atom. The normalized spacial score (nSPS) is 14.9. The van der Waals surface area contributed by atoms with Crippen LogP contribution in [0, 0.1) is 0 Å². The predicted molar refractivity (Wildman–Crippen MR) is 100 cm³/mol. The van der Waals surface area contributed by atoms with Gasteiger partial charge in [0.15, 0.2) is 0 Å². The monoisotopic (exact) mass is 355 g/mol. The van der Waals surface area contributed by atoms with Crippen LogP contribution in [0.5, 0.6) is 5.75 Å². The van der Waals surface area contributed by atoms with E-state index in [1.807, 2.05) is 37.3 Å². The molecule has 2 aromatic rings. The fourth-order valence-electron chi connectivity index (χ4n) is 3.13. The molecule has 0 bridgehead atoms. The zero-order chi connectivity index (χ0) is 18.2. The molecule has 1 aliphatic rings. The van der Waals surface area contributed by atoms with Crippen molar-refractivity contribution in [3.8, 4) is 5.75 Å². The molecule has 0 radical (unpaired) electrons. The van der Waals surface area contributed by atoms with Crippen molar-refractivity contribution >= 4 is 6.09 Å². The average Bonchev–Trinajstić information content (AvgIpc) is 2.69. The summed E-state index contributed by atoms with van der Waals surface area (Å²) in [4.78, 5) is 15.0. The average molecular weight is 355 g/mol. The highest BCUT2D eigenvalue weighted by Crippen LogP contribution is 2.14. The summed E-state index contributed by atoms with van der Waals surface area (Å²) in [7, 11) is 0. The molecule has 1 fully saturated rings. The molecule has 5 nitrogen and oxygen atoms in total. The minimum atomic E-state index is -0.188. The van der Waals surface area contributed by atoms with E-state index in [2.05, 4.69) is 24.3 Å². The van der Waals surface area contributed by atoms with Gasteiger partial charge < -0.3 is 14.4 Å². The van der Waals surface area contributed by atoms with Gasteiger partial charge in [0.2, 0.25) is 0 Å². The molecule has 0 aromatic heterocycles. The van der Waals surface area contributed by atoms with Crippen molar-refractivity contribution in [1.82, 2.24) is 4.90 Å². The van der Waals surface area contributed by atoms with Gasteiger partial charge in [-0.1, -0.05) is 30.3 Å². The van der Waals surface area contributed by atoms with Crippen LogP contribution in [0.15, 0.2) is 54.6 Å². The zero-order valence-electron chi connectivity index (χ0n) is 15.3. The van der Waals surface area contributed by atoms with E-state index in [0.717, 1.165) is 38.5 Å². The minimum Gasteiger partial charge on any atom is -0.489 e. The second-order valence-electron chi connectivity index (χ2n) is 6.53. The lowest BCUT2D eigenvalue weighted by molar-refractivity contribution is -0.917. The number of quaternary nitrogens is 1. The first kappa shape index (κ1) is 18.3.